The third-order valence-corrected chi connectivity index (χ3v) is 5.20. The molecule has 4 N–H and O–H groups in total. The molecule has 0 aliphatic rings. The molecule has 0 amide bonds. The zero-order chi connectivity index (χ0) is 10.7. The Kier molecular flexibility index (Phi) is 3.58. The van der Waals surface area contributed by atoms with Gasteiger partial charge >= 0.3 is 0 Å². The molecule has 3 heteroatoms. The van der Waals surface area contributed by atoms with Gasteiger partial charge in [-0.2, -0.15) is 0 Å². The molecule has 0 unspecified atom stereocenters. The number of rotatable bonds is 3. The van der Waals surface area contributed by atoms with Crippen LogP contribution < -0.4 is 16.7 Å². The lowest BCUT2D eigenvalue weighted by Crippen LogP contribution is -2.29. The molecule has 1 aromatic carbocycles. The molecular formula is C11H19N2Si. The van der Waals surface area contributed by atoms with Gasteiger partial charge in [-0.25, -0.2) is 0 Å². The van der Waals surface area contributed by atoms with Gasteiger partial charge in [-0.3, -0.25) is 0 Å². The maximum atomic E-state index is 6.02. The summed E-state index contributed by atoms with van der Waals surface area (Å²) in [5, 5.41) is 1.29. The van der Waals surface area contributed by atoms with Crippen LogP contribution in [0.1, 0.15) is 18.9 Å². The summed E-state index contributed by atoms with van der Waals surface area (Å²) in [4.78, 5) is 0. The van der Waals surface area contributed by atoms with Crippen molar-refractivity contribution in [1.82, 2.24) is 0 Å². The van der Waals surface area contributed by atoms with Crippen LogP contribution in [-0.2, 0) is 0 Å². The van der Waals surface area contributed by atoms with Gasteiger partial charge in [-0.1, -0.05) is 38.1 Å². The molecule has 0 saturated carbocycles. The topological polar surface area (TPSA) is 52.0 Å². The predicted octanol–water partition coefficient (Wildman–Crippen LogP) is 1.90. The second-order valence-corrected chi connectivity index (χ2v) is 6.39. The summed E-state index contributed by atoms with van der Waals surface area (Å²) in [6, 6.07) is 5.48. The van der Waals surface area contributed by atoms with Gasteiger partial charge in [0.25, 0.3) is 0 Å². The summed E-state index contributed by atoms with van der Waals surface area (Å²) in [6.45, 7) is 6.51. The highest BCUT2D eigenvalue weighted by Gasteiger charge is 2.12. The smallest absolute Gasteiger partial charge is 0.0852 e. The average Bonchev–Trinajstić information content (AvgIpc) is 2.15. The van der Waals surface area contributed by atoms with E-state index in [0.717, 1.165) is 16.9 Å². The Morgan fingerprint density at radius 3 is 2.43 bits per heavy atom. The number of aryl methyl sites for hydroxylation is 1. The van der Waals surface area contributed by atoms with Crippen LogP contribution in [0.5, 0.6) is 0 Å². The molecule has 1 radical (unpaired) electrons. The van der Waals surface area contributed by atoms with Gasteiger partial charge < -0.3 is 11.5 Å². The van der Waals surface area contributed by atoms with E-state index in [1.165, 1.54) is 17.7 Å². The van der Waals surface area contributed by atoms with E-state index in [0.29, 0.717) is 0 Å². The minimum atomic E-state index is -0.492. The van der Waals surface area contributed by atoms with Crippen molar-refractivity contribution in [1.29, 1.82) is 0 Å². The zero-order valence-electron chi connectivity index (χ0n) is 9.22. The lowest BCUT2D eigenvalue weighted by Gasteiger charge is -2.14. The van der Waals surface area contributed by atoms with Crippen molar-refractivity contribution in [3.63, 3.8) is 0 Å². The summed E-state index contributed by atoms with van der Waals surface area (Å²) in [5.74, 6) is 0. The Bertz CT molecular complexity index is 323. The summed E-state index contributed by atoms with van der Waals surface area (Å²) in [7, 11) is -0.492. The van der Waals surface area contributed by atoms with E-state index in [1.54, 1.807) is 0 Å². The van der Waals surface area contributed by atoms with Crippen molar-refractivity contribution in [3.05, 3.63) is 17.7 Å². The largest absolute Gasteiger partial charge is 0.397 e. The maximum Gasteiger partial charge on any atom is 0.0852 e. The molecule has 0 aliphatic carbocycles. The van der Waals surface area contributed by atoms with Crippen molar-refractivity contribution in [2.24, 2.45) is 0 Å². The van der Waals surface area contributed by atoms with Gasteiger partial charge in [0.2, 0.25) is 0 Å². The summed E-state index contributed by atoms with van der Waals surface area (Å²) < 4.78 is 0. The zero-order valence-corrected chi connectivity index (χ0v) is 10.2. The normalized spacial score (nSPS) is 10.9. The van der Waals surface area contributed by atoms with Gasteiger partial charge in [0.1, 0.15) is 0 Å². The van der Waals surface area contributed by atoms with E-state index in [4.69, 9.17) is 11.5 Å². The van der Waals surface area contributed by atoms with E-state index < -0.39 is 8.80 Å². The fourth-order valence-electron chi connectivity index (χ4n) is 1.63. The third kappa shape index (κ3) is 2.10. The van der Waals surface area contributed by atoms with Crippen LogP contribution in [0.2, 0.25) is 12.6 Å². The molecule has 0 atom stereocenters. The van der Waals surface area contributed by atoms with E-state index in [1.807, 2.05) is 6.92 Å². The maximum absolute atomic E-state index is 6.02. The predicted molar refractivity (Wildman–Crippen MR) is 66.4 cm³/mol. The van der Waals surface area contributed by atoms with E-state index in [2.05, 4.69) is 25.6 Å². The number of nitrogens with two attached hydrogens (primary N) is 2. The number of anilines is 2. The van der Waals surface area contributed by atoms with E-state index >= 15 is 0 Å². The molecule has 14 heavy (non-hydrogen) atoms. The molecule has 0 fully saturated rings. The van der Waals surface area contributed by atoms with Gasteiger partial charge in [0, 0.05) is 0 Å². The lowest BCUT2D eigenvalue weighted by atomic mass is 10.2. The highest BCUT2D eigenvalue weighted by atomic mass is 28.3. The Labute approximate surface area is 87.9 Å². The first-order chi connectivity index (χ1) is 6.57. The molecule has 2 nitrogen and oxygen atoms in total. The molecule has 0 aliphatic heterocycles. The van der Waals surface area contributed by atoms with Crippen LogP contribution in [-0.4, -0.2) is 8.80 Å². The summed E-state index contributed by atoms with van der Waals surface area (Å²) in [5.41, 5.74) is 14.6. The fraction of sp³-hybridized carbons (Fsp3) is 0.455. The Morgan fingerprint density at radius 1 is 1.21 bits per heavy atom. The van der Waals surface area contributed by atoms with Crippen molar-refractivity contribution in [2.45, 2.75) is 32.9 Å². The summed E-state index contributed by atoms with van der Waals surface area (Å²) in [6.07, 6.45) is 1.22. The monoisotopic (exact) mass is 207 g/mol. The number of hydrogen-bond acceptors (Lipinski definition) is 2. The Hall–Kier alpha value is -0.963. The van der Waals surface area contributed by atoms with Gasteiger partial charge in [0.05, 0.1) is 20.2 Å². The highest BCUT2D eigenvalue weighted by molar-refractivity contribution is 6.73. The Balaban J connectivity index is 3.04. The highest BCUT2D eigenvalue weighted by Crippen LogP contribution is 2.18. The molecule has 1 rings (SSSR count). The van der Waals surface area contributed by atoms with Gasteiger partial charge in [-0.15, -0.1) is 0 Å². The number of hydrogen-bond donors (Lipinski definition) is 2. The van der Waals surface area contributed by atoms with Gasteiger partial charge in [0.15, 0.2) is 0 Å². The molecule has 77 valence electrons. The minimum Gasteiger partial charge on any atom is -0.397 e. The van der Waals surface area contributed by atoms with E-state index in [-0.39, 0.29) is 0 Å². The fourth-order valence-corrected chi connectivity index (χ4v) is 3.61. The van der Waals surface area contributed by atoms with Crippen molar-refractivity contribution >= 4 is 25.4 Å². The van der Waals surface area contributed by atoms with Crippen molar-refractivity contribution in [2.75, 3.05) is 11.5 Å². The average molecular weight is 207 g/mol. The standard InChI is InChI=1S/C11H19N2Si/c1-4-7-14(3)9-6-5-8(2)10(12)11(9)13/h5-6H,4,7,12-13H2,1-3H3. The van der Waals surface area contributed by atoms with Crippen LogP contribution in [0.4, 0.5) is 11.4 Å². The van der Waals surface area contributed by atoms with Crippen LogP contribution in [0.15, 0.2) is 12.1 Å². The number of nitrogen functional groups attached to an aromatic ring is 2. The second kappa shape index (κ2) is 4.51. The third-order valence-electron chi connectivity index (χ3n) is 2.59. The number of benzene rings is 1. The first kappa shape index (κ1) is 11.1. The molecule has 0 bridgehead atoms. The van der Waals surface area contributed by atoms with E-state index in [9.17, 15) is 0 Å². The quantitative estimate of drug-likeness (QED) is 0.587. The SMILES string of the molecule is CCC[Si](C)c1ccc(C)c(N)c1N. The van der Waals surface area contributed by atoms with Gasteiger partial charge in [-0.05, 0) is 17.7 Å². The van der Waals surface area contributed by atoms with Crippen LogP contribution in [0.25, 0.3) is 0 Å². The second-order valence-electron chi connectivity index (χ2n) is 3.79. The molecule has 0 saturated heterocycles. The first-order valence-electron chi connectivity index (χ1n) is 5.05. The Morgan fingerprint density at radius 2 is 1.86 bits per heavy atom. The van der Waals surface area contributed by atoms with Crippen LogP contribution in [0.3, 0.4) is 0 Å². The molecular weight excluding hydrogens is 188 g/mol. The molecule has 0 aromatic heterocycles. The minimum absolute atomic E-state index is 0.492. The van der Waals surface area contributed by atoms with Crippen LogP contribution >= 0.6 is 0 Å². The summed E-state index contributed by atoms with van der Waals surface area (Å²) >= 11 is 0. The molecule has 1 aromatic rings. The lowest BCUT2D eigenvalue weighted by molar-refractivity contribution is 1.07. The molecule has 0 heterocycles. The molecule has 0 spiro atoms. The van der Waals surface area contributed by atoms with Crippen LogP contribution in [0, 0.1) is 6.92 Å². The van der Waals surface area contributed by atoms with Crippen molar-refractivity contribution in [3.8, 4) is 0 Å². The first-order valence-corrected chi connectivity index (χ1v) is 7.26. The van der Waals surface area contributed by atoms with Crippen molar-refractivity contribution < 1.29 is 0 Å².